The normalized spacial score (nSPS) is 10.9. The molecule has 0 saturated heterocycles. The van der Waals surface area contributed by atoms with Crippen LogP contribution in [-0.2, 0) is 0 Å². The number of ether oxygens (including phenoxy) is 1. The number of carbonyl (C=O) groups is 1. The third-order valence-electron chi connectivity index (χ3n) is 4.56. The van der Waals surface area contributed by atoms with Crippen molar-refractivity contribution in [2.24, 2.45) is 0 Å². The first-order valence-electron chi connectivity index (χ1n) is 8.78. The summed E-state index contributed by atoms with van der Waals surface area (Å²) in [4.78, 5) is 17.7. The molecule has 0 saturated carbocycles. The van der Waals surface area contributed by atoms with Gasteiger partial charge >= 0.3 is 0 Å². The number of hydrogen-bond acceptors (Lipinski definition) is 4. The molecule has 1 aromatic heterocycles. The molecule has 4 nitrogen and oxygen atoms in total. The number of amides is 1. The number of thiazole rings is 1. The van der Waals surface area contributed by atoms with Gasteiger partial charge in [0.1, 0.15) is 10.8 Å². The van der Waals surface area contributed by atoms with Crippen molar-refractivity contribution in [3.63, 3.8) is 0 Å². The zero-order valence-electron chi connectivity index (χ0n) is 15.6. The molecule has 1 heterocycles. The fourth-order valence-electron chi connectivity index (χ4n) is 3.12. The zero-order chi connectivity index (χ0) is 20.5. The van der Waals surface area contributed by atoms with Gasteiger partial charge in [0.2, 0.25) is 0 Å². The highest BCUT2D eigenvalue weighted by molar-refractivity contribution is 9.11. The highest BCUT2D eigenvalue weighted by atomic mass is 79.9. The molecule has 0 aliphatic carbocycles. The molecule has 0 fully saturated rings. The summed E-state index contributed by atoms with van der Waals surface area (Å²) in [6.07, 6.45) is 0. The lowest BCUT2D eigenvalue weighted by Crippen LogP contribution is -2.14. The molecule has 4 rings (SSSR count). The molecule has 0 spiro atoms. The Morgan fingerprint density at radius 1 is 1.10 bits per heavy atom. The number of hydrogen-bond donors (Lipinski definition) is 1. The van der Waals surface area contributed by atoms with E-state index in [0.29, 0.717) is 15.8 Å². The second-order valence-electron chi connectivity index (χ2n) is 6.39. The standard InChI is InChI=1S/C22H16Br2N2O2S/c1-12-14(22-26-18-7-3-4-9-19(18)29-22)6-5-8-17(12)25-21(27)15-10-13(23)11-16(24)20(15)28-2/h3-11H,1-2H3,(H,25,27). The van der Waals surface area contributed by atoms with Gasteiger partial charge in [0.05, 0.1) is 27.4 Å². The number of anilines is 1. The number of aromatic nitrogens is 1. The van der Waals surface area contributed by atoms with Gasteiger partial charge in [-0.15, -0.1) is 11.3 Å². The summed E-state index contributed by atoms with van der Waals surface area (Å²) < 4.78 is 8.04. The lowest BCUT2D eigenvalue weighted by atomic mass is 10.1. The third kappa shape index (κ3) is 3.95. The van der Waals surface area contributed by atoms with E-state index in [2.05, 4.69) is 43.2 Å². The van der Waals surface area contributed by atoms with Gasteiger partial charge in [-0.25, -0.2) is 4.98 Å². The van der Waals surface area contributed by atoms with E-state index in [9.17, 15) is 4.79 Å². The average Bonchev–Trinajstić information content (AvgIpc) is 3.13. The van der Waals surface area contributed by atoms with Gasteiger partial charge in [-0.1, -0.05) is 40.2 Å². The number of nitrogens with zero attached hydrogens (tertiary/aromatic N) is 1. The maximum atomic E-state index is 13.0. The van der Waals surface area contributed by atoms with Crippen LogP contribution in [0.15, 0.2) is 63.5 Å². The van der Waals surface area contributed by atoms with Crippen LogP contribution in [0.25, 0.3) is 20.8 Å². The smallest absolute Gasteiger partial charge is 0.259 e. The second kappa shape index (κ2) is 8.26. The Morgan fingerprint density at radius 3 is 2.66 bits per heavy atom. The number of fused-ring (bicyclic) bond motifs is 1. The number of carbonyl (C=O) groups excluding carboxylic acids is 1. The molecule has 0 unspecified atom stereocenters. The summed E-state index contributed by atoms with van der Waals surface area (Å²) in [7, 11) is 1.55. The lowest BCUT2D eigenvalue weighted by molar-refractivity contribution is 0.102. The molecular formula is C22H16Br2N2O2S. The molecular weight excluding hydrogens is 516 g/mol. The fourth-order valence-corrected chi connectivity index (χ4v) is 5.55. The summed E-state index contributed by atoms with van der Waals surface area (Å²) in [6, 6.07) is 17.5. The molecule has 7 heteroatoms. The minimum Gasteiger partial charge on any atom is -0.495 e. The van der Waals surface area contributed by atoms with Crippen molar-refractivity contribution < 1.29 is 9.53 Å². The Hall–Kier alpha value is -2.22. The average molecular weight is 532 g/mol. The van der Waals surface area contributed by atoms with Crippen molar-refractivity contribution in [1.29, 1.82) is 0 Å². The molecule has 0 bridgehead atoms. The molecule has 0 aliphatic heterocycles. The minimum atomic E-state index is -0.242. The zero-order valence-corrected chi connectivity index (χ0v) is 19.6. The van der Waals surface area contributed by atoms with E-state index in [1.54, 1.807) is 24.5 Å². The van der Waals surface area contributed by atoms with Crippen molar-refractivity contribution in [1.82, 2.24) is 4.98 Å². The van der Waals surface area contributed by atoms with Crippen LogP contribution in [0.3, 0.4) is 0 Å². The summed E-state index contributed by atoms with van der Waals surface area (Å²) in [5.74, 6) is 0.249. The monoisotopic (exact) mass is 530 g/mol. The van der Waals surface area contributed by atoms with E-state index in [-0.39, 0.29) is 5.91 Å². The van der Waals surface area contributed by atoms with E-state index in [0.717, 1.165) is 36.5 Å². The van der Waals surface area contributed by atoms with Crippen LogP contribution in [0, 0.1) is 6.92 Å². The van der Waals surface area contributed by atoms with Gasteiger partial charge < -0.3 is 10.1 Å². The lowest BCUT2D eigenvalue weighted by Gasteiger charge is -2.14. The predicted octanol–water partition coefficient (Wildman–Crippen LogP) is 7.06. The summed E-state index contributed by atoms with van der Waals surface area (Å²) in [5.41, 5.74) is 4.13. The molecule has 29 heavy (non-hydrogen) atoms. The quantitative estimate of drug-likeness (QED) is 0.306. The first kappa shape index (κ1) is 20.1. The predicted molar refractivity (Wildman–Crippen MR) is 126 cm³/mol. The Balaban J connectivity index is 1.70. The van der Waals surface area contributed by atoms with Crippen LogP contribution in [0.2, 0.25) is 0 Å². The Bertz CT molecular complexity index is 1200. The Morgan fingerprint density at radius 2 is 1.90 bits per heavy atom. The van der Waals surface area contributed by atoms with Gasteiger partial charge in [-0.2, -0.15) is 0 Å². The largest absolute Gasteiger partial charge is 0.495 e. The van der Waals surface area contributed by atoms with Gasteiger partial charge in [-0.05, 0) is 58.7 Å². The van der Waals surface area contributed by atoms with E-state index >= 15 is 0 Å². The summed E-state index contributed by atoms with van der Waals surface area (Å²) >= 11 is 8.52. The maximum Gasteiger partial charge on any atom is 0.259 e. The van der Waals surface area contributed by atoms with Crippen LogP contribution in [0.4, 0.5) is 5.69 Å². The van der Waals surface area contributed by atoms with Crippen LogP contribution < -0.4 is 10.1 Å². The highest BCUT2D eigenvalue weighted by Crippen LogP contribution is 2.36. The summed E-state index contributed by atoms with van der Waals surface area (Å²) in [5, 5.41) is 3.95. The third-order valence-corrected chi connectivity index (χ3v) is 6.68. The molecule has 146 valence electrons. The number of methoxy groups -OCH3 is 1. The van der Waals surface area contributed by atoms with Gasteiger partial charge in [0, 0.05) is 15.7 Å². The fraction of sp³-hybridized carbons (Fsp3) is 0.0909. The van der Waals surface area contributed by atoms with Crippen LogP contribution >= 0.6 is 43.2 Å². The van der Waals surface area contributed by atoms with Crippen molar-refractivity contribution in [2.45, 2.75) is 6.92 Å². The highest BCUT2D eigenvalue weighted by Gasteiger charge is 2.18. The first-order valence-corrected chi connectivity index (χ1v) is 11.2. The Labute approximate surface area is 189 Å². The van der Waals surface area contributed by atoms with Gasteiger partial charge in [0.15, 0.2) is 0 Å². The number of nitrogens with one attached hydrogen (secondary N) is 1. The van der Waals surface area contributed by atoms with Crippen LogP contribution in [0.5, 0.6) is 5.75 Å². The van der Waals surface area contributed by atoms with E-state index < -0.39 is 0 Å². The SMILES string of the molecule is COc1c(Br)cc(Br)cc1C(=O)Nc1cccc(-c2nc3ccccc3s2)c1C. The first-order chi connectivity index (χ1) is 14.0. The number of para-hydroxylation sites is 1. The van der Waals surface area contributed by atoms with Crippen molar-refractivity contribution >= 4 is 65.0 Å². The molecule has 0 radical (unpaired) electrons. The Kier molecular flexibility index (Phi) is 5.72. The van der Waals surface area contributed by atoms with Crippen molar-refractivity contribution in [3.05, 3.63) is 74.7 Å². The number of benzene rings is 3. The van der Waals surface area contributed by atoms with E-state index in [4.69, 9.17) is 9.72 Å². The molecule has 4 aromatic rings. The topological polar surface area (TPSA) is 51.2 Å². The van der Waals surface area contributed by atoms with Crippen molar-refractivity contribution in [3.8, 4) is 16.3 Å². The maximum absolute atomic E-state index is 13.0. The number of rotatable bonds is 4. The molecule has 3 aromatic carbocycles. The molecule has 0 aliphatic rings. The van der Waals surface area contributed by atoms with Crippen molar-refractivity contribution in [2.75, 3.05) is 12.4 Å². The van der Waals surface area contributed by atoms with Gasteiger partial charge in [0.25, 0.3) is 5.91 Å². The second-order valence-corrected chi connectivity index (χ2v) is 9.19. The molecule has 0 atom stereocenters. The van der Waals surface area contributed by atoms with Crippen LogP contribution in [0.1, 0.15) is 15.9 Å². The van der Waals surface area contributed by atoms with E-state index in [1.165, 1.54) is 0 Å². The minimum absolute atomic E-state index is 0.242. The molecule has 1 amide bonds. The van der Waals surface area contributed by atoms with E-state index in [1.807, 2.05) is 49.4 Å². The molecule has 1 N–H and O–H groups in total. The number of halogens is 2. The summed E-state index contributed by atoms with van der Waals surface area (Å²) in [6.45, 7) is 1.99. The van der Waals surface area contributed by atoms with Gasteiger partial charge in [-0.3, -0.25) is 4.79 Å². The van der Waals surface area contributed by atoms with Crippen LogP contribution in [-0.4, -0.2) is 18.0 Å².